The molecule has 0 aliphatic carbocycles. The molecule has 0 bridgehead atoms. The highest BCUT2D eigenvalue weighted by Crippen LogP contribution is 2.10. The summed E-state index contributed by atoms with van der Waals surface area (Å²) in [5, 5.41) is 0. The van der Waals surface area contributed by atoms with Crippen molar-refractivity contribution in [3.63, 3.8) is 0 Å². The first-order valence-corrected chi connectivity index (χ1v) is 9.58. The lowest BCUT2D eigenvalue weighted by Crippen LogP contribution is -2.30. The van der Waals surface area contributed by atoms with Crippen molar-refractivity contribution in [1.82, 2.24) is 0 Å². The topological polar surface area (TPSA) is 63.2 Å². The molecule has 0 spiro atoms. The van der Waals surface area contributed by atoms with Crippen LogP contribution in [0.25, 0.3) is 0 Å². The molecule has 0 unspecified atom stereocenters. The number of terminal acetylenes is 2. The molecule has 3 atom stereocenters. The molecule has 0 saturated heterocycles. The molecule has 0 radical (unpaired) electrons. The molecule has 0 aromatic rings. The van der Waals surface area contributed by atoms with Crippen LogP contribution in [0.3, 0.4) is 0 Å². The first kappa shape index (κ1) is 26.2. The fourth-order valence-corrected chi connectivity index (χ4v) is 2.37. The molecule has 0 aromatic heterocycles. The van der Waals surface area contributed by atoms with E-state index in [9.17, 15) is 4.79 Å². The van der Waals surface area contributed by atoms with Crippen molar-refractivity contribution >= 4 is 5.97 Å². The van der Waals surface area contributed by atoms with Crippen molar-refractivity contribution in [3.05, 3.63) is 12.2 Å². The van der Waals surface area contributed by atoms with Crippen LogP contribution in [0.15, 0.2) is 12.2 Å². The van der Waals surface area contributed by atoms with Crippen LogP contribution in [0, 0.1) is 24.7 Å². The number of carbonyl (C=O) groups excluding carboxylic acids is 1. The summed E-state index contributed by atoms with van der Waals surface area (Å²) in [6.07, 6.45) is 19.5. The molecule has 0 fully saturated rings. The molecule has 0 rings (SSSR count). The normalized spacial score (nSPS) is 14.2. The van der Waals surface area contributed by atoms with Gasteiger partial charge < -0.3 is 23.7 Å². The molecule has 6 nitrogen and oxygen atoms in total. The van der Waals surface area contributed by atoms with E-state index < -0.39 is 12.2 Å². The average Bonchev–Trinajstić information content (AvgIpc) is 2.69. The second-order valence-corrected chi connectivity index (χ2v) is 6.25. The van der Waals surface area contributed by atoms with E-state index in [-0.39, 0.29) is 25.7 Å². The number of unbranched alkanes of at least 4 members (excludes halogenated alkanes) is 5. The summed E-state index contributed by atoms with van der Waals surface area (Å²) >= 11 is 0. The number of methoxy groups -OCH3 is 2. The van der Waals surface area contributed by atoms with E-state index >= 15 is 0 Å². The minimum absolute atomic E-state index is 0.0650. The average molecular weight is 395 g/mol. The number of esters is 1. The van der Waals surface area contributed by atoms with Crippen molar-refractivity contribution in [2.45, 2.75) is 70.2 Å². The molecule has 0 amide bonds. The van der Waals surface area contributed by atoms with Crippen LogP contribution in [0.1, 0.15) is 51.9 Å². The maximum Gasteiger partial charge on any atom is 0.306 e. The van der Waals surface area contributed by atoms with E-state index in [1.54, 1.807) is 14.0 Å². The van der Waals surface area contributed by atoms with E-state index in [0.29, 0.717) is 6.42 Å². The monoisotopic (exact) mass is 394 g/mol. The van der Waals surface area contributed by atoms with Gasteiger partial charge in [0.15, 0.2) is 6.10 Å². The van der Waals surface area contributed by atoms with Crippen LogP contribution in [0.2, 0.25) is 0 Å². The Kier molecular flexibility index (Phi) is 17.3. The van der Waals surface area contributed by atoms with E-state index in [0.717, 1.165) is 38.5 Å². The highest BCUT2D eigenvalue weighted by atomic mass is 16.7. The van der Waals surface area contributed by atoms with Gasteiger partial charge in [-0.05, 0) is 32.3 Å². The molecule has 6 heteroatoms. The van der Waals surface area contributed by atoms with E-state index in [1.807, 2.05) is 12.2 Å². The maximum atomic E-state index is 11.9. The molecule has 0 aromatic carbocycles. The Balaban J connectivity index is 3.73. The van der Waals surface area contributed by atoms with Crippen LogP contribution in [-0.2, 0) is 28.5 Å². The summed E-state index contributed by atoms with van der Waals surface area (Å²) in [6.45, 7) is 1.97. The SMILES string of the molecule is C#C[C@H](/C=C\CCCCCCCC(=O)O[C@@H](C)[C@@H](C#C)OCOC)OCOC. The van der Waals surface area contributed by atoms with Crippen molar-refractivity contribution in [1.29, 1.82) is 0 Å². The van der Waals surface area contributed by atoms with Gasteiger partial charge in [-0.3, -0.25) is 4.79 Å². The molecule has 0 aliphatic heterocycles. The summed E-state index contributed by atoms with van der Waals surface area (Å²) in [7, 11) is 3.06. The Morgan fingerprint density at radius 2 is 1.61 bits per heavy atom. The smallest absolute Gasteiger partial charge is 0.306 e. The summed E-state index contributed by atoms with van der Waals surface area (Å²) in [4.78, 5) is 11.9. The largest absolute Gasteiger partial charge is 0.459 e. The predicted molar refractivity (Wildman–Crippen MR) is 108 cm³/mol. The van der Waals surface area contributed by atoms with Crippen LogP contribution in [0.5, 0.6) is 0 Å². The Hall–Kier alpha value is -1.83. The summed E-state index contributed by atoms with van der Waals surface area (Å²) in [6, 6.07) is 0. The molecule has 0 N–H and O–H groups in total. The van der Waals surface area contributed by atoms with Gasteiger partial charge in [0.05, 0.1) is 0 Å². The zero-order valence-electron chi connectivity index (χ0n) is 17.4. The Morgan fingerprint density at radius 1 is 0.964 bits per heavy atom. The van der Waals surface area contributed by atoms with Gasteiger partial charge in [-0.15, -0.1) is 12.8 Å². The Labute approximate surface area is 169 Å². The van der Waals surface area contributed by atoms with Gasteiger partial charge in [0.1, 0.15) is 25.8 Å². The Bertz CT molecular complexity index is 502. The van der Waals surface area contributed by atoms with Crippen LogP contribution in [-0.4, -0.2) is 52.1 Å². The summed E-state index contributed by atoms with van der Waals surface area (Å²) in [5.74, 6) is 4.74. The third-order valence-corrected chi connectivity index (χ3v) is 3.87. The van der Waals surface area contributed by atoms with Gasteiger partial charge in [0.2, 0.25) is 0 Å². The molecule has 28 heavy (non-hydrogen) atoms. The van der Waals surface area contributed by atoms with E-state index in [4.69, 9.17) is 36.5 Å². The highest BCUT2D eigenvalue weighted by Gasteiger charge is 2.19. The number of carbonyl (C=O) groups is 1. The zero-order chi connectivity index (χ0) is 21.0. The lowest BCUT2D eigenvalue weighted by molar-refractivity contribution is -0.158. The molecule has 0 aliphatic rings. The van der Waals surface area contributed by atoms with Crippen LogP contribution < -0.4 is 0 Å². The molecule has 0 heterocycles. The highest BCUT2D eigenvalue weighted by molar-refractivity contribution is 5.69. The van der Waals surface area contributed by atoms with Crippen LogP contribution in [0.4, 0.5) is 0 Å². The second-order valence-electron chi connectivity index (χ2n) is 6.25. The van der Waals surface area contributed by atoms with Gasteiger partial charge in [-0.2, -0.15) is 0 Å². The summed E-state index contributed by atoms with van der Waals surface area (Å²) < 4.78 is 25.5. The minimum atomic E-state index is -0.606. The standard InChI is InChI=1S/C22H34O6/c1-6-20(26-17-24-4)15-13-11-9-8-10-12-14-16-22(23)28-19(3)21(7-2)27-18-25-5/h1-2,13,15,19-21H,8-12,14,16-18H2,3-5H3/b15-13-/t19-,20+,21+/m0/s1. The van der Waals surface area contributed by atoms with Gasteiger partial charge in [-0.25, -0.2) is 0 Å². The number of rotatable bonds is 17. The van der Waals surface area contributed by atoms with E-state index in [2.05, 4.69) is 11.8 Å². The van der Waals surface area contributed by atoms with Gasteiger partial charge in [0.25, 0.3) is 0 Å². The Morgan fingerprint density at radius 3 is 2.25 bits per heavy atom. The van der Waals surface area contributed by atoms with Crippen LogP contribution >= 0.6 is 0 Å². The third-order valence-electron chi connectivity index (χ3n) is 3.87. The van der Waals surface area contributed by atoms with E-state index in [1.165, 1.54) is 7.11 Å². The maximum absolute atomic E-state index is 11.9. The lowest BCUT2D eigenvalue weighted by Gasteiger charge is -2.19. The number of hydrogen-bond acceptors (Lipinski definition) is 6. The number of allylic oxidation sites excluding steroid dienone is 1. The van der Waals surface area contributed by atoms with Gasteiger partial charge in [-0.1, -0.05) is 37.2 Å². The molecule has 0 saturated carbocycles. The minimum Gasteiger partial charge on any atom is -0.459 e. The van der Waals surface area contributed by atoms with Gasteiger partial charge >= 0.3 is 5.97 Å². The fraction of sp³-hybridized carbons (Fsp3) is 0.682. The molecular weight excluding hydrogens is 360 g/mol. The van der Waals surface area contributed by atoms with Crippen molar-refractivity contribution in [2.24, 2.45) is 0 Å². The lowest BCUT2D eigenvalue weighted by atomic mass is 10.1. The second kappa shape index (κ2) is 18.5. The summed E-state index contributed by atoms with van der Waals surface area (Å²) in [5.41, 5.74) is 0. The van der Waals surface area contributed by atoms with Gasteiger partial charge in [0, 0.05) is 20.6 Å². The van der Waals surface area contributed by atoms with Crippen molar-refractivity contribution < 1.29 is 28.5 Å². The molecular formula is C22H34O6. The fourth-order valence-electron chi connectivity index (χ4n) is 2.37. The molecule has 158 valence electrons. The van der Waals surface area contributed by atoms with Crippen molar-refractivity contribution in [3.8, 4) is 24.7 Å². The zero-order valence-corrected chi connectivity index (χ0v) is 17.4. The number of ether oxygens (including phenoxy) is 5. The first-order valence-electron chi connectivity index (χ1n) is 9.58. The first-order chi connectivity index (χ1) is 13.6. The third kappa shape index (κ3) is 14.3. The predicted octanol–water partition coefficient (Wildman–Crippen LogP) is 3.45. The van der Waals surface area contributed by atoms with Crippen molar-refractivity contribution in [2.75, 3.05) is 27.8 Å². The quantitative estimate of drug-likeness (QED) is 0.124. The number of hydrogen-bond donors (Lipinski definition) is 0.